The fraction of sp³-hybridized carbons (Fsp3) is 1.00. The maximum atomic E-state index is 11.4. The summed E-state index contributed by atoms with van der Waals surface area (Å²) in [6.07, 6.45) is 2.89. The first kappa shape index (κ1) is 12.9. The van der Waals surface area contributed by atoms with Crippen molar-refractivity contribution in [1.82, 2.24) is 9.62 Å². The van der Waals surface area contributed by atoms with E-state index in [1.54, 1.807) is 0 Å². The highest BCUT2D eigenvalue weighted by Gasteiger charge is 2.18. The van der Waals surface area contributed by atoms with E-state index in [1.165, 1.54) is 0 Å². The van der Waals surface area contributed by atoms with E-state index in [0.29, 0.717) is 18.9 Å². The van der Waals surface area contributed by atoms with Gasteiger partial charge in [-0.15, -0.1) is 0 Å². The molecule has 0 unspecified atom stereocenters. The van der Waals surface area contributed by atoms with Crippen molar-refractivity contribution >= 4 is 10.0 Å². The largest absolute Gasteiger partial charge is 0.306 e. The third-order valence-corrected chi connectivity index (χ3v) is 4.46. The summed E-state index contributed by atoms with van der Waals surface area (Å²) < 4.78 is 25.5. The summed E-state index contributed by atoms with van der Waals surface area (Å²) in [6.45, 7) is 4.67. The standard InChI is InChI=1S/C10H22N2O2S/c1-3-8-15(13,14)11-9-10-4-6-12(2)7-5-10/h10-11H,3-9H2,1-2H3. The Morgan fingerprint density at radius 3 is 2.47 bits per heavy atom. The molecule has 90 valence electrons. The molecule has 0 aromatic carbocycles. The van der Waals surface area contributed by atoms with Crippen molar-refractivity contribution in [3.63, 3.8) is 0 Å². The Morgan fingerprint density at radius 2 is 1.93 bits per heavy atom. The van der Waals surface area contributed by atoms with Crippen LogP contribution in [0.1, 0.15) is 26.2 Å². The van der Waals surface area contributed by atoms with E-state index in [1.807, 2.05) is 6.92 Å². The second-order valence-corrected chi connectivity index (χ2v) is 6.34. The first-order valence-electron chi connectivity index (χ1n) is 5.69. The maximum absolute atomic E-state index is 11.4. The summed E-state index contributed by atoms with van der Waals surface area (Å²) in [5.41, 5.74) is 0. The van der Waals surface area contributed by atoms with E-state index < -0.39 is 10.0 Å². The smallest absolute Gasteiger partial charge is 0.211 e. The molecule has 1 saturated heterocycles. The van der Waals surface area contributed by atoms with Crippen LogP contribution in [0.2, 0.25) is 0 Å². The van der Waals surface area contributed by atoms with Gasteiger partial charge >= 0.3 is 0 Å². The predicted octanol–water partition coefficient (Wildman–Crippen LogP) is 0.658. The molecular formula is C10H22N2O2S. The SMILES string of the molecule is CCCS(=O)(=O)NCC1CCN(C)CC1. The van der Waals surface area contributed by atoms with Crippen molar-refractivity contribution < 1.29 is 8.42 Å². The van der Waals surface area contributed by atoms with Crippen LogP contribution in [0.3, 0.4) is 0 Å². The summed E-state index contributed by atoms with van der Waals surface area (Å²) in [6, 6.07) is 0. The third kappa shape index (κ3) is 4.95. The number of nitrogens with zero attached hydrogens (tertiary/aromatic N) is 1. The number of sulfonamides is 1. The van der Waals surface area contributed by atoms with Gasteiger partial charge in [0.25, 0.3) is 0 Å². The van der Waals surface area contributed by atoms with Gasteiger partial charge in [-0.05, 0) is 45.3 Å². The fourth-order valence-electron chi connectivity index (χ4n) is 1.85. The monoisotopic (exact) mass is 234 g/mol. The number of hydrogen-bond donors (Lipinski definition) is 1. The van der Waals surface area contributed by atoms with Gasteiger partial charge in [0.05, 0.1) is 5.75 Å². The van der Waals surface area contributed by atoms with Crippen molar-refractivity contribution in [3.05, 3.63) is 0 Å². The number of rotatable bonds is 5. The quantitative estimate of drug-likeness (QED) is 0.760. The van der Waals surface area contributed by atoms with Crippen molar-refractivity contribution in [2.45, 2.75) is 26.2 Å². The van der Waals surface area contributed by atoms with E-state index in [9.17, 15) is 8.42 Å². The molecule has 0 atom stereocenters. The highest BCUT2D eigenvalue weighted by Crippen LogP contribution is 2.14. The van der Waals surface area contributed by atoms with Crippen LogP contribution in [0.5, 0.6) is 0 Å². The predicted molar refractivity (Wildman–Crippen MR) is 62.3 cm³/mol. The molecule has 0 saturated carbocycles. The molecule has 0 aromatic heterocycles. The summed E-state index contributed by atoms with van der Waals surface area (Å²) in [5, 5.41) is 0. The first-order chi connectivity index (χ1) is 7.03. The molecule has 1 aliphatic rings. The minimum Gasteiger partial charge on any atom is -0.306 e. The van der Waals surface area contributed by atoms with Crippen molar-refractivity contribution in [3.8, 4) is 0 Å². The molecular weight excluding hydrogens is 212 g/mol. The lowest BCUT2D eigenvalue weighted by Crippen LogP contribution is -2.37. The molecule has 4 nitrogen and oxygen atoms in total. The minimum absolute atomic E-state index is 0.250. The number of piperidine rings is 1. The summed E-state index contributed by atoms with van der Waals surface area (Å²) >= 11 is 0. The zero-order valence-corrected chi connectivity index (χ0v) is 10.5. The molecule has 0 amide bonds. The van der Waals surface area contributed by atoms with E-state index >= 15 is 0 Å². The lowest BCUT2D eigenvalue weighted by atomic mass is 9.98. The van der Waals surface area contributed by atoms with Gasteiger partial charge in [-0.3, -0.25) is 0 Å². The van der Waals surface area contributed by atoms with Gasteiger partial charge < -0.3 is 4.90 Å². The molecule has 0 bridgehead atoms. The Labute approximate surface area is 93.1 Å². The first-order valence-corrected chi connectivity index (χ1v) is 7.34. The molecule has 1 rings (SSSR count). The van der Waals surface area contributed by atoms with Crippen molar-refractivity contribution in [2.75, 3.05) is 32.4 Å². The van der Waals surface area contributed by atoms with Crippen LogP contribution < -0.4 is 4.72 Å². The van der Waals surface area contributed by atoms with Crippen LogP contribution in [0.15, 0.2) is 0 Å². The molecule has 15 heavy (non-hydrogen) atoms. The number of likely N-dealkylation sites (tertiary alicyclic amines) is 1. The second kappa shape index (κ2) is 5.82. The fourth-order valence-corrected chi connectivity index (χ4v) is 3.02. The topological polar surface area (TPSA) is 49.4 Å². The Balaban J connectivity index is 2.25. The zero-order valence-electron chi connectivity index (χ0n) is 9.70. The highest BCUT2D eigenvalue weighted by atomic mass is 32.2. The van der Waals surface area contributed by atoms with Crippen LogP contribution in [0.4, 0.5) is 0 Å². The highest BCUT2D eigenvalue weighted by molar-refractivity contribution is 7.89. The molecule has 0 aromatic rings. The molecule has 0 aliphatic carbocycles. The van der Waals surface area contributed by atoms with Gasteiger partial charge in [0, 0.05) is 6.54 Å². The normalized spacial score (nSPS) is 20.7. The molecule has 5 heteroatoms. The molecule has 1 fully saturated rings. The molecule has 1 N–H and O–H groups in total. The number of nitrogens with one attached hydrogen (secondary N) is 1. The minimum atomic E-state index is -3.01. The van der Waals surface area contributed by atoms with Gasteiger partial charge in [-0.2, -0.15) is 0 Å². The summed E-state index contributed by atoms with van der Waals surface area (Å²) in [5.74, 6) is 0.771. The van der Waals surface area contributed by atoms with Gasteiger partial charge in [-0.25, -0.2) is 13.1 Å². The lowest BCUT2D eigenvalue weighted by Gasteiger charge is -2.28. The van der Waals surface area contributed by atoms with E-state index in [0.717, 1.165) is 25.9 Å². The second-order valence-electron chi connectivity index (χ2n) is 4.41. The third-order valence-electron chi connectivity index (χ3n) is 2.90. The summed E-state index contributed by atoms with van der Waals surface area (Å²) in [7, 11) is -0.900. The Hall–Kier alpha value is -0.130. The average molecular weight is 234 g/mol. The molecule has 1 aliphatic heterocycles. The van der Waals surface area contributed by atoms with Crippen molar-refractivity contribution in [1.29, 1.82) is 0 Å². The Bertz CT molecular complexity index is 269. The van der Waals surface area contributed by atoms with Gasteiger partial charge in [0.2, 0.25) is 10.0 Å². The van der Waals surface area contributed by atoms with Crippen LogP contribution >= 0.6 is 0 Å². The Kier molecular flexibility index (Phi) is 5.02. The number of hydrogen-bond acceptors (Lipinski definition) is 3. The van der Waals surface area contributed by atoms with E-state index in [2.05, 4.69) is 16.7 Å². The van der Waals surface area contributed by atoms with E-state index in [4.69, 9.17) is 0 Å². The molecule has 0 radical (unpaired) electrons. The molecule has 0 spiro atoms. The Morgan fingerprint density at radius 1 is 1.33 bits per heavy atom. The van der Waals surface area contributed by atoms with Gasteiger partial charge in [0.1, 0.15) is 0 Å². The maximum Gasteiger partial charge on any atom is 0.211 e. The summed E-state index contributed by atoms with van der Waals surface area (Å²) in [4.78, 5) is 2.29. The lowest BCUT2D eigenvalue weighted by molar-refractivity contribution is 0.220. The van der Waals surface area contributed by atoms with Crippen LogP contribution in [0, 0.1) is 5.92 Å². The van der Waals surface area contributed by atoms with Gasteiger partial charge in [0.15, 0.2) is 0 Å². The van der Waals surface area contributed by atoms with Crippen LogP contribution in [-0.4, -0.2) is 45.8 Å². The van der Waals surface area contributed by atoms with Crippen LogP contribution in [0.25, 0.3) is 0 Å². The van der Waals surface area contributed by atoms with Gasteiger partial charge in [-0.1, -0.05) is 6.92 Å². The molecule has 1 heterocycles. The van der Waals surface area contributed by atoms with Crippen LogP contribution in [-0.2, 0) is 10.0 Å². The average Bonchev–Trinajstić information content (AvgIpc) is 2.17. The van der Waals surface area contributed by atoms with Crippen molar-refractivity contribution in [2.24, 2.45) is 5.92 Å². The van der Waals surface area contributed by atoms with E-state index in [-0.39, 0.29) is 5.75 Å². The zero-order chi connectivity index (χ0) is 11.3.